The monoisotopic (exact) mass is 452 g/mol. The van der Waals surface area contributed by atoms with Crippen molar-refractivity contribution in [1.29, 1.82) is 0 Å². The fraction of sp³-hybridized carbons (Fsp3) is 0.375. The van der Waals surface area contributed by atoms with Crippen molar-refractivity contribution in [1.82, 2.24) is 19.4 Å². The molecule has 2 aromatic heterocycles. The number of aromatic nitrogens is 3. The van der Waals surface area contributed by atoms with Crippen molar-refractivity contribution in [3.8, 4) is 5.69 Å². The Labute approximate surface area is 195 Å². The van der Waals surface area contributed by atoms with E-state index < -0.39 is 12.5 Å². The summed E-state index contributed by atoms with van der Waals surface area (Å²) in [4.78, 5) is 24.8. The molecule has 0 spiro atoms. The lowest BCUT2D eigenvalue weighted by atomic mass is 10.0. The molecule has 1 aliphatic heterocycles. The Morgan fingerprint density at radius 1 is 1.22 bits per heavy atom. The first-order chi connectivity index (χ1) is 16.1. The standard InChI is InChI=1S/C24H27ClN6O/c1-16(2)20-13-29(3)23(32)31(20)19-7-10-26-22(12-19)28-24(8-9-24)21-14-30(15-27-21)18-6-4-5-17(25)11-18/h4-7,10-12,14-16,20H,8-9,13H2,1-3H3,(H,26,28)/t20-/m1/s1/i13D2. The maximum atomic E-state index is 13.0. The number of nitrogens with zero attached hydrogens (tertiary/aromatic N) is 5. The normalized spacial score (nSPS) is 22.2. The second-order valence-corrected chi connectivity index (χ2v) is 9.22. The minimum atomic E-state index is -1.77. The van der Waals surface area contributed by atoms with Gasteiger partial charge in [-0.2, -0.15) is 0 Å². The number of nitrogens with one attached hydrogen (secondary N) is 1. The number of imidazole rings is 1. The number of hydrogen-bond donors (Lipinski definition) is 1. The lowest BCUT2D eigenvalue weighted by Crippen LogP contribution is -2.37. The first kappa shape index (κ1) is 18.5. The molecular weight excluding hydrogens is 424 g/mol. The summed E-state index contributed by atoms with van der Waals surface area (Å²) in [5.74, 6) is 0.552. The first-order valence-corrected chi connectivity index (χ1v) is 11.1. The molecule has 1 atom stereocenters. The molecule has 8 heteroatoms. The summed E-state index contributed by atoms with van der Waals surface area (Å²) in [7, 11) is 1.51. The van der Waals surface area contributed by atoms with Gasteiger partial charge in [0, 0.05) is 42.7 Å². The molecule has 2 fully saturated rings. The molecule has 0 unspecified atom stereocenters. The van der Waals surface area contributed by atoms with Crippen molar-refractivity contribution in [2.75, 3.05) is 23.8 Å². The molecule has 1 saturated carbocycles. The second-order valence-electron chi connectivity index (χ2n) is 8.78. The van der Waals surface area contributed by atoms with Crippen LogP contribution in [0.15, 0.2) is 55.1 Å². The highest BCUT2D eigenvalue weighted by Gasteiger charge is 2.47. The average molecular weight is 453 g/mol. The quantitative estimate of drug-likeness (QED) is 0.576. The summed E-state index contributed by atoms with van der Waals surface area (Å²) >= 11 is 6.14. The lowest BCUT2D eigenvalue weighted by molar-refractivity contribution is 0.229. The highest BCUT2D eigenvalue weighted by Crippen LogP contribution is 2.47. The van der Waals surface area contributed by atoms with E-state index in [9.17, 15) is 4.79 Å². The van der Waals surface area contributed by atoms with E-state index >= 15 is 0 Å². The Kier molecular flexibility index (Phi) is 4.52. The first-order valence-electron chi connectivity index (χ1n) is 11.7. The number of rotatable bonds is 6. The number of benzene rings is 1. The van der Waals surface area contributed by atoms with Crippen molar-refractivity contribution < 1.29 is 7.54 Å². The summed E-state index contributed by atoms with van der Waals surface area (Å²) in [5, 5.41) is 4.18. The van der Waals surface area contributed by atoms with Gasteiger partial charge in [-0.05, 0) is 43.0 Å². The van der Waals surface area contributed by atoms with E-state index in [0.717, 1.165) is 24.2 Å². The Hall–Kier alpha value is -3.06. The maximum absolute atomic E-state index is 13.0. The number of hydrogen-bond acceptors (Lipinski definition) is 4. The molecule has 2 amide bonds. The molecule has 1 aliphatic carbocycles. The summed E-state index contributed by atoms with van der Waals surface area (Å²) in [5.41, 5.74) is 2.14. The van der Waals surface area contributed by atoms with E-state index in [4.69, 9.17) is 14.3 Å². The van der Waals surface area contributed by atoms with E-state index in [1.807, 2.05) is 54.9 Å². The SMILES string of the molecule is [2H]C1([2H])[C@H](C(C)C)N(c2ccnc(NC3(c4cn(-c5cccc(Cl)c5)cn4)CC3)c2)C(=O)N1C. The van der Waals surface area contributed by atoms with Crippen LogP contribution in [0.25, 0.3) is 5.69 Å². The molecule has 1 aromatic carbocycles. The molecule has 5 rings (SSSR count). The van der Waals surface area contributed by atoms with Crippen molar-refractivity contribution in [2.45, 2.75) is 38.3 Å². The fourth-order valence-corrected chi connectivity index (χ4v) is 4.30. The maximum Gasteiger partial charge on any atom is 0.324 e. The van der Waals surface area contributed by atoms with Gasteiger partial charge in [-0.25, -0.2) is 14.8 Å². The smallest absolute Gasteiger partial charge is 0.324 e. The van der Waals surface area contributed by atoms with Gasteiger partial charge in [-0.3, -0.25) is 4.90 Å². The van der Waals surface area contributed by atoms with Gasteiger partial charge in [0.1, 0.15) is 5.82 Å². The third kappa shape index (κ3) is 3.71. The van der Waals surface area contributed by atoms with Crippen molar-refractivity contribution in [3.63, 3.8) is 0 Å². The molecule has 3 aromatic rings. The van der Waals surface area contributed by atoms with Crippen LogP contribution in [-0.4, -0.2) is 45.1 Å². The Morgan fingerprint density at radius 2 is 2.03 bits per heavy atom. The molecule has 3 heterocycles. The van der Waals surface area contributed by atoms with Gasteiger partial charge in [-0.15, -0.1) is 0 Å². The van der Waals surface area contributed by atoms with E-state index in [0.29, 0.717) is 16.5 Å². The third-order valence-corrected chi connectivity index (χ3v) is 6.28. The van der Waals surface area contributed by atoms with Gasteiger partial charge < -0.3 is 14.8 Å². The van der Waals surface area contributed by atoms with Crippen LogP contribution in [0.3, 0.4) is 0 Å². The lowest BCUT2D eigenvalue weighted by Gasteiger charge is -2.26. The van der Waals surface area contributed by atoms with Gasteiger partial charge in [0.2, 0.25) is 0 Å². The summed E-state index contributed by atoms with van der Waals surface area (Å²) in [6, 6.07) is 10.2. The van der Waals surface area contributed by atoms with E-state index in [-0.39, 0.29) is 17.5 Å². The number of likely N-dealkylation sites (N-methyl/N-ethyl adjacent to an activating group) is 1. The fourth-order valence-electron chi connectivity index (χ4n) is 4.11. The number of carbonyl (C=O) groups excluding carboxylic acids is 1. The number of pyridine rings is 1. The van der Waals surface area contributed by atoms with Gasteiger partial charge in [-0.1, -0.05) is 31.5 Å². The Bertz CT molecular complexity index is 1240. The zero-order valence-corrected chi connectivity index (χ0v) is 19.0. The van der Waals surface area contributed by atoms with Gasteiger partial charge in [0.05, 0.1) is 32.0 Å². The predicted molar refractivity (Wildman–Crippen MR) is 126 cm³/mol. The summed E-state index contributed by atoms with van der Waals surface area (Å²) in [6.07, 6.45) is 7.25. The summed E-state index contributed by atoms with van der Waals surface area (Å²) in [6.45, 7) is 2.09. The summed E-state index contributed by atoms with van der Waals surface area (Å²) < 4.78 is 18.9. The van der Waals surface area contributed by atoms with Crippen LogP contribution in [0.4, 0.5) is 16.3 Å². The van der Waals surface area contributed by atoms with Crippen LogP contribution in [0, 0.1) is 5.92 Å². The molecule has 7 nitrogen and oxygen atoms in total. The molecule has 166 valence electrons. The minimum Gasteiger partial charge on any atom is -0.359 e. The van der Waals surface area contributed by atoms with Crippen LogP contribution in [-0.2, 0) is 5.54 Å². The Morgan fingerprint density at radius 3 is 2.75 bits per heavy atom. The predicted octanol–water partition coefficient (Wildman–Crippen LogP) is 4.92. The largest absolute Gasteiger partial charge is 0.359 e. The molecule has 32 heavy (non-hydrogen) atoms. The molecule has 0 bridgehead atoms. The van der Waals surface area contributed by atoms with Crippen LogP contribution in [0.5, 0.6) is 0 Å². The third-order valence-electron chi connectivity index (χ3n) is 6.05. The minimum absolute atomic E-state index is 0.0706. The highest BCUT2D eigenvalue weighted by atomic mass is 35.5. The Balaban J connectivity index is 1.41. The topological polar surface area (TPSA) is 66.3 Å². The molecule has 1 saturated heterocycles. The number of carbonyl (C=O) groups is 1. The van der Waals surface area contributed by atoms with E-state index in [2.05, 4.69) is 15.3 Å². The number of urea groups is 1. The number of amides is 2. The van der Waals surface area contributed by atoms with Crippen molar-refractivity contribution in [3.05, 3.63) is 65.8 Å². The van der Waals surface area contributed by atoms with Crippen molar-refractivity contribution >= 4 is 29.1 Å². The van der Waals surface area contributed by atoms with Gasteiger partial charge >= 0.3 is 6.03 Å². The van der Waals surface area contributed by atoms with Crippen LogP contribution >= 0.6 is 11.6 Å². The molecular formula is C24H27ClN6O. The molecule has 1 N–H and O–H groups in total. The second kappa shape index (κ2) is 7.81. The molecule has 0 radical (unpaired) electrons. The van der Waals surface area contributed by atoms with E-state index in [1.165, 1.54) is 11.9 Å². The van der Waals surface area contributed by atoms with Crippen LogP contribution < -0.4 is 10.2 Å². The van der Waals surface area contributed by atoms with Crippen molar-refractivity contribution in [2.24, 2.45) is 5.92 Å². The highest BCUT2D eigenvalue weighted by molar-refractivity contribution is 6.30. The number of anilines is 2. The molecule has 2 aliphatic rings. The van der Waals surface area contributed by atoms with Gasteiger partial charge in [0.25, 0.3) is 0 Å². The van der Waals surface area contributed by atoms with Gasteiger partial charge in [0.15, 0.2) is 0 Å². The average Bonchev–Trinajstić information content (AvgIpc) is 3.33. The zero-order chi connectivity index (χ0) is 24.3. The zero-order valence-electron chi connectivity index (χ0n) is 20.3. The van der Waals surface area contributed by atoms with Crippen LogP contribution in [0.2, 0.25) is 5.02 Å². The van der Waals surface area contributed by atoms with Crippen LogP contribution in [0.1, 0.15) is 35.1 Å². The van der Waals surface area contributed by atoms with E-state index in [1.54, 1.807) is 23.5 Å². The number of halogens is 1.